The highest BCUT2D eigenvalue weighted by molar-refractivity contribution is 7.98. The lowest BCUT2D eigenvalue weighted by Crippen LogP contribution is -2.01. The molecule has 0 radical (unpaired) electrons. The van der Waals surface area contributed by atoms with Gasteiger partial charge in [0.05, 0.1) is 6.20 Å². The minimum Gasteiger partial charge on any atom is -0.340 e. The summed E-state index contributed by atoms with van der Waals surface area (Å²) >= 11 is 7.92. The second-order valence-corrected chi connectivity index (χ2v) is 6.70. The Labute approximate surface area is 137 Å². The summed E-state index contributed by atoms with van der Waals surface area (Å²) in [6, 6.07) is 10.1. The van der Waals surface area contributed by atoms with E-state index in [9.17, 15) is 0 Å². The van der Waals surface area contributed by atoms with Crippen LogP contribution in [0.1, 0.15) is 24.3 Å². The summed E-state index contributed by atoms with van der Waals surface area (Å²) in [5, 5.41) is 8.37. The van der Waals surface area contributed by atoms with Crippen LogP contribution in [0.5, 0.6) is 0 Å². The van der Waals surface area contributed by atoms with E-state index in [0.717, 1.165) is 17.2 Å². The third-order valence-electron chi connectivity index (χ3n) is 3.83. The molecule has 0 amide bonds. The van der Waals surface area contributed by atoms with Gasteiger partial charge in [-0.25, -0.2) is 4.98 Å². The third-order valence-corrected chi connectivity index (χ3v) is 4.75. The summed E-state index contributed by atoms with van der Waals surface area (Å²) in [6.45, 7) is 0. The Morgan fingerprint density at radius 1 is 1.32 bits per heavy atom. The van der Waals surface area contributed by atoms with Crippen LogP contribution in [-0.2, 0) is 0 Å². The fourth-order valence-corrected chi connectivity index (χ4v) is 3.21. The number of benzene rings is 1. The van der Waals surface area contributed by atoms with Crippen LogP contribution in [0, 0.1) is 0 Å². The van der Waals surface area contributed by atoms with Crippen LogP contribution in [0.15, 0.2) is 41.4 Å². The van der Waals surface area contributed by atoms with Gasteiger partial charge in [-0.05, 0) is 43.2 Å². The highest BCUT2D eigenvalue weighted by atomic mass is 35.5. The van der Waals surface area contributed by atoms with Crippen molar-refractivity contribution in [2.45, 2.75) is 23.7 Å². The Morgan fingerprint density at radius 3 is 2.95 bits per heavy atom. The maximum absolute atomic E-state index is 6.21. The Kier molecular flexibility index (Phi) is 3.47. The van der Waals surface area contributed by atoms with Crippen molar-refractivity contribution in [1.29, 1.82) is 0 Å². The number of nitrogens with zero attached hydrogens (tertiary/aromatic N) is 3. The lowest BCUT2D eigenvalue weighted by Gasteiger charge is -2.10. The molecule has 0 atom stereocenters. The van der Waals surface area contributed by atoms with Crippen LogP contribution in [-0.4, -0.2) is 20.9 Å². The molecule has 1 fully saturated rings. The van der Waals surface area contributed by atoms with E-state index in [1.54, 1.807) is 11.8 Å². The average Bonchev–Trinajstić information content (AvgIpc) is 3.27. The monoisotopic (exact) mass is 330 g/mol. The van der Waals surface area contributed by atoms with E-state index in [2.05, 4.69) is 33.8 Å². The second-order valence-electron chi connectivity index (χ2n) is 5.43. The molecule has 0 aliphatic heterocycles. The molecule has 2 heterocycles. The van der Waals surface area contributed by atoms with E-state index < -0.39 is 0 Å². The van der Waals surface area contributed by atoms with Crippen molar-refractivity contribution in [3.8, 4) is 0 Å². The van der Waals surface area contributed by atoms with Crippen molar-refractivity contribution in [2.24, 2.45) is 0 Å². The van der Waals surface area contributed by atoms with Crippen LogP contribution >= 0.6 is 23.4 Å². The molecule has 0 unspecified atom stereocenters. The molecule has 112 valence electrons. The molecule has 1 aliphatic carbocycles. The van der Waals surface area contributed by atoms with E-state index in [-0.39, 0.29) is 0 Å². The first-order chi connectivity index (χ1) is 10.7. The van der Waals surface area contributed by atoms with Gasteiger partial charge in [-0.15, -0.1) is 11.8 Å². The van der Waals surface area contributed by atoms with Crippen LogP contribution in [0.3, 0.4) is 0 Å². The topological polar surface area (TPSA) is 42.2 Å². The largest absolute Gasteiger partial charge is 0.340 e. The lowest BCUT2D eigenvalue weighted by molar-refractivity contribution is 0.947. The molecule has 4 rings (SSSR count). The highest BCUT2D eigenvalue weighted by Crippen LogP contribution is 2.42. The first kappa shape index (κ1) is 13.9. The van der Waals surface area contributed by atoms with Gasteiger partial charge in [0.25, 0.3) is 0 Å². The van der Waals surface area contributed by atoms with E-state index in [4.69, 9.17) is 11.6 Å². The number of rotatable bonds is 4. The summed E-state index contributed by atoms with van der Waals surface area (Å²) in [5.74, 6) is 1.43. The number of hydrogen-bond acceptors (Lipinski definition) is 4. The normalized spacial score (nSPS) is 14.5. The lowest BCUT2D eigenvalue weighted by atomic mass is 10.2. The molecule has 1 aromatic carbocycles. The van der Waals surface area contributed by atoms with Crippen molar-refractivity contribution in [3.05, 3.63) is 47.2 Å². The maximum Gasteiger partial charge on any atom is 0.162 e. The zero-order chi connectivity index (χ0) is 15.1. The molecule has 1 saturated carbocycles. The van der Waals surface area contributed by atoms with Crippen molar-refractivity contribution in [3.63, 3.8) is 0 Å². The minimum atomic E-state index is 0.485. The standard InChI is InChI=1S/C16H15ClN4S/c1-22-12-4-2-3-11(7-12)19-15-8-14(17)20-16-13(10-5-6-10)9-18-21(15)16/h2-4,7-10,19H,5-6H2,1H3. The summed E-state index contributed by atoms with van der Waals surface area (Å²) in [7, 11) is 0. The van der Waals surface area contributed by atoms with Gasteiger partial charge in [-0.2, -0.15) is 9.61 Å². The predicted molar refractivity (Wildman–Crippen MR) is 91.5 cm³/mol. The van der Waals surface area contributed by atoms with Gasteiger partial charge in [0.15, 0.2) is 5.65 Å². The summed E-state index contributed by atoms with van der Waals surface area (Å²) in [5.41, 5.74) is 3.07. The molecule has 4 nitrogen and oxygen atoms in total. The molecule has 2 aromatic heterocycles. The zero-order valence-corrected chi connectivity index (χ0v) is 13.7. The molecule has 22 heavy (non-hydrogen) atoms. The van der Waals surface area contributed by atoms with Crippen molar-refractivity contribution in [1.82, 2.24) is 14.6 Å². The minimum absolute atomic E-state index is 0.485. The van der Waals surface area contributed by atoms with E-state index in [1.807, 2.05) is 28.9 Å². The van der Waals surface area contributed by atoms with Gasteiger partial charge in [0, 0.05) is 22.2 Å². The number of thioether (sulfide) groups is 1. The van der Waals surface area contributed by atoms with Gasteiger partial charge in [0.2, 0.25) is 0 Å². The first-order valence-electron chi connectivity index (χ1n) is 7.20. The predicted octanol–water partition coefficient (Wildman–Crippen LogP) is 4.73. The number of aromatic nitrogens is 3. The Hall–Kier alpha value is -1.72. The van der Waals surface area contributed by atoms with E-state index >= 15 is 0 Å². The van der Waals surface area contributed by atoms with Crippen LogP contribution < -0.4 is 5.32 Å². The van der Waals surface area contributed by atoms with E-state index in [0.29, 0.717) is 11.1 Å². The number of nitrogens with one attached hydrogen (secondary N) is 1. The molecule has 0 bridgehead atoms. The molecule has 6 heteroatoms. The van der Waals surface area contributed by atoms with E-state index in [1.165, 1.54) is 23.3 Å². The van der Waals surface area contributed by atoms with Crippen molar-refractivity contribution < 1.29 is 0 Å². The average molecular weight is 331 g/mol. The zero-order valence-electron chi connectivity index (χ0n) is 12.1. The molecule has 0 saturated heterocycles. The van der Waals surface area contributed by atoms with Crippen LogP contribution in [0.25, 0.3) is 5.65 Å². The second kappa shape index (κ2) is 5.48. The molecular weight excluding hydrogens is 316 g/mol. The Morgan fingerprint density at radius 2 is 2.18 bits per heavy atom. The van der Waals surface area contributed by atoms with Crippen LogP contribution in [0.4, 0.5) is 11.5 Å². The molecular formula is C16H15ClN4S. The summed E-state index contributed by atoms with van der Waals surface area (Å²) in [4.78, 5) is 5.66. The fourth-order valence-electron chi connectivity index (χ4n) is 2.57. The van der Waals surface area contributed by atoms with Crippen LogP contribution in [0.2, 0.25) is 5.15 Å². The smallest absolute Gasteiger partial charge is 0.162 e. The SMILES string of the molecule is CSc1cccc(Nc2cc(Cl)nc3c(C4CC4)cnn23)c1. The third kappa shape index (κ3) is 2.55. The molecule has 1 N–H and O–H groups in total. The van der Waals surface area contributed by atoms with Gasteiger partial charge in [-0.1, -0.05) is 17.7 Å². The number of halogens is 1. The maximum atomic E-state index is 6.21. The van der Waals surface area contributed by atoms with Crippen molar-refractivity contribution >= 4 is 40.5 Å². The quantitative estimate of drug-likeness (QED) is 0.555. The first-order valence-corrected chi connectivity index (χ1v) is 8.80. The summed E-state index contributed by atoms with van der Waals surface area (Å²) in [6.07, 6.45) is 6.41. The molecule has 0 spiro atoms. The Bertz CT molecular complexity index is 841. The van der Waals surface area contributed by atoms with Crippen molar-refractivity contribution in [2.75, 3.05) is 11.6 Å². The Balaban J connectivity index is 1.77. The highest BCUT2D eigenvalue weighted by Gasteiger charge is 2.28. The van der Waals surface area contributed by atoms with Gasteiger partial charge >= 0.3 is 0 Å². The molecule has 3 aromatic rings. The molecule has 1 aliphatic rings. The van der Waals surface area contributed by atoms with Gasteiger partial charge < -0.3 is 5.32 Å². The van der Waals surface area contributed by atoms with Gasteiger partial charge in [0.1, 0.15) is 11.0 Å². The number of hydrogen-bond donors (Lipinski definition) is 1. The number of fused-ring (bicyclic) bond motifs is 1. The van der Waals surface area contributed by atoms with Gasteiger partial charge in [-0.3, -0.25) is 0 Å². The number of anilines is 2. The summed E-state index contributed by atoms with van der Waals surface area (Å²) < 4.78 is 1.84. The fraction of sp³-hybridized carbons (Fsp3) is 0.250.